The van der Waals surface area contributed by atoms with Crippen LogP contribution in [0.25, 0.3) is 0 Å². The van der Waals surface area contributed by atoms with Crippen molar-refractivity contribution in [3.63, 3.8) is 0 Å². The van der Waals surface area contributed by atoms with Crippen LogP contribution in [-0.4, -0.2) is 33.0 Å². The molecule has 0 saturated carbocycles. The van der Waals surface area contributed by atoms with Gasteiger partial charge in [-0.05, 0) is 55.8 Å². The summed E-state index contributed by atoms with van der Waals surface area (Å²) in [5.74, 6) is -0.895. The number of hydrogen-bond acceptors (Lipinski definition) is 4. The highest BCUT2D eigenvalue weighted by Gasteiger charge is 2.27. The minimum absolute atomic E-state index is 0.00996. The standard InChI is InChI=1S/C18H20ClFN2O4S/c1-18(2,15-10-7-13(20)11-16(15)19)21-17(23)12-5-8-14(9-6-12)27(24,25)22(3)26-4/h5-11H,1-4H3,(H,21,23). The molecule has 0 atom stereocenters. The number of carbonyl (C=O) groups excluding carboxylic acids is 1. The Labute approximate surface area is 162 Å². The van der Waals surface area contributed by atoms with E-state index in [1.807, 2.05) is 0 Å². The number of carbonyl (C=O) groups is 1. The van der Waals surface area contributed by atoms with Gasteiger partial charge in [0.2, 0.25) is 0 Å². The first-order chi connectivity index (χ1) is 12.5. The van der Waals surface area contributed by atoms with Crippen molar-refractivity contribution in [3.05, 3.63) is 64.4 Å². The van der Waals surface area contributed by atoms with Crippen LogP contribution in [0.2, 0.25) is 5.02 Å². The van der Waals surface area contributed by atoms with Gasteiger partial charge in [-0.2, -0.15) is 0 Å². The van der Waals surface area contributed by atoms with Crippen LogP contribution in [0.15, 0.2) is 47.4 Å². The number of hydroxylamine groups is 1. The minimum Gasteiger partial charge on any atom is -0.343 e. The Morgan fingerprint density at radius 1 is 1.19 bits per heavy atom. The number of sulfonamides is 1. The van der Waals surface area contributed by atoms with E-state index in [0.29, 0.717) is 5.56 Å². The fraction of sp³-hybridized carbons (Fsp3) is 0.278. The van der Waals surface area contributed by atoms with Gasteiger partial charge in [-0.1, -0.05) is 22.1 Å². The van der Waals surface area contributed by atoms with Crippen molar-refractivity contribution >= 4 is 27.5 Å². The summed E-state index contributed by atoms with van der Waals surface area (Å²) >= 11 is 6.08. The van der Waals surface area contributed by atoms with Crippen LogP contribution >= 0.6 is 11.6 Å². The summed E-state index contributed by atoms with van der Waals surface area (Å²) in [6.07, 6.45) is 0. The number of hydrogen-bond donors (Lipinski definition) is 1. The zero-order chi connectivity index (χ0) is 20.4. The van der Waals surface area contributed by atoms with Gasteiger partial charge in [0.25, 0.3) is 15.9 Å². The second kappa shape index (κ2) is 7.93. The summed E-state index contributed by atoms with van der Waals surface area (Å²) in [4.78, 5) is 17.2. The van der Waals surface area contributed by atoms with Crippen LogP contribution in [-0.2, 0) is 20.4 Å². The van der Waals surface area contributed by atoms with Crippen molar-refractivity contribution < 1.29 is 22.4 Å². The number of nitrogens with zero attached hydrogens (tertiary/aromatic N) is 1. The van der Waals surface area contributed by atoms with Gasteiger partial charge in [-0.25, -0.2) is 12.8 Å². The van der Waals surface area contributed by atoms with Crippen LogP contribution in [0.5, 0.6) is 0 Å². The number of halogens is 2. The Bertz CT molecular complexity index is 946. The van der Waals surface area contributed by atoms with Gasteiger partial charge in [0, 0.05) is 17.6 Å². The molecule has 146 valence electrons. The molecule has 6 nitrogen and oxygen atoms in total. The average molecular weight is 415 g/mol. The Balaban J connectivity index is 2.23. The Kier molecular flexibility index (Phi) is 6.26. The molecule has 0 unspecified atom stereocenters. The van der Waals surface area contributed by atoms with Gasteiger partial charge in [-0.3, -0.25) is 9.63 Å². The fourth-order valence-corrected chi connectivity index (χ4v) is 3.82. The number of nitrogens with one attached hydrogen (secondary N) is 1. The SMILES string of the molecule is CON(C)S(=O)(=O)c1ccc(C(=O)NC(C)(C)c2ccc(F)cc2Cl)cc1. The topological polar surface area (TPSA) is 75.7 Å². The molecular weight excluding hydrogens is 395 g/mol. The first-order valence-electron chi connectivity index (χ1n) is 7.90. The van der Waals surface area contributed by atoms with Gasteiger partial charge in [-0.15, -0.1) is 0 Å². The van der Waals surface area contributed by atoms with Crippen LogP contribution < -0.4 is 5.32 Å². The third-order valence-corrected chi connectivity index (χ3v) is 6.05. The Morgan fingerprint density at radius 3 is 2.30 bits per heavy atom. The predicted molar refractivity (Wildman–Crippen MR) is 100 cm³/mol. The number of amides is 1. The quantitative estimate of drug-likeness (QED) is 0.735. The van der Waals surface area contributed by atoms with Crippen molar-refractivity contribution in [2.45, 2.75) is 24.3 Å². The molecule has 0 bridgehead atoms. The van der Waals surface area contributed by atoms with Crippen LogP contribution in [0.3, 0.4) is 0 Å². The minimum atomic E-state index is -3.79. The summed E-state index contributed by atoms with van der Waals surface area (Å²) in [7, 11) is -1.29. The van der Waals surface area contributed by atoms with Gasteiger partial charge >= 0.3 is 0 Å². The molecule has 0 fully saturated rings. The lowest BCUT2D eigenvalue weighted by Gasteiger charge is -2.28. The Morgan fingerprint density at radius 2 is 1.78 bits per heavy atom. The molecule has 2 rings (SSSR count). The van der Waals surface area contributed by atoms with Gasteiger partial charge < -0.3 is 5.32 Å². The highest BCUT2D eigenvalue weighted by atomic mass is 35.5. The molecule has 27 heavy (non-hydrogen) atoms. The third-order valence-electron chi connectivity index (χ3n) is 4.04. The molecule has 0 spiro atoms. The molecule has 0 aromatic heterocycles. The van der Waals surface area contributed by atoms with Crippen LogP contribution in [0.4, 0.5) is 4.39 Å². The summed E-state index contributed by atoms with van der Waals surface area (Å²) in [6, 6.07) is 9.38. The second-order valence-corrected chi connectivity index (χ2v) is 8.67. The van der Waals surface area contributed by atoms with Gasteiger partial charge in [0.1, 0.15) is 5.82 Å². The largest absolute Gasteiger partial charge is 0.343 e. The molecule has 0 aliphatic heterocycles. The van der Waals surface area contributed by atoms with Crippen molar-refractivity contribution in [3.8, 4) is 0 Å². The van der Waals surface area contributed by atoms with Gasteiger partial charge in [0.05, 0.1) is 17.5 Å². The summed E-state index contributed by atoms with van der Waals surface area (Å²) in [6.45, 7) is 3.47. The summed E-state index contributed by atoms with van der Waals surface area (Å²) in [5.41, 5.74) is -0.0525. The molecule has 0 radical (unpaired) electrons. The maximum absolute atomic E-state index is 13.2. The maximum Gasteiger partial charge on any atom is 0.264 e. The smallest absolute Gasteiger partial charge is 0.264 e. The van der Waals surface area contributed by atoms with E-state index in [1.54, 1.807) is 13.8 Å². The van der Waals surface area contributed by atoms with Crippen molar-refractivity contribution in [2.24, 2.45) is 0 Å². The molecule has 2 aromatic carbocycles. The van der Waals surface area contributed by atoms with E-state index in [9.17, 15) is 17.6 Å². The lowest BCUT2D eigenvalue weighted by molar-refractivity contribution is -0.0258. The van der Waals surface area contributed by atoms with E-state index < -0.39 is 27.3 Å². The normalized spacial score (nSPS) is 12.3. The Hall–Kier alpha value is -2.00. The van der Waals surface area contributed by atoms with Crippen LogP contribution in [0.1, 0.15) is 29.8 Å². The molecule has 0 aliphatic rings. The maximum atomic E-state index is 13.2. The molecule has 9 heteroatoms. The lowest BCUT2D eigenvalue weighted by Crippen LogP contribution is -2.41. The zero-order valence-electron chi connectivity index (χ0n) is 15.3. The molecule has 0 aliphatic carbocycles. The molecule has 1 N–H and O–H groups in total. The molecule has 0 saturated heterocycles. The summed E-state index contributed by atoms with van der Waals surface area (Å²) < 4.78 is 38.3. The molecule has 1 amide bonds. The summed E-state index contributed by atoms with van der Waals surface area (Å²) in [5, 5.41) is 3.01. The second-order valence-electron chi connectivity index (χ2n) is 6.32. The first-order valence-corrected chi connectivity index (χ1v) is 9.72. The monoisotopic (exact) mass is 414 g/mol. The highest BCUT2D eigenvalue weighted by Crippen LogP contribution is 2.28. The van der Waals surface area contributed by atoms with Crippen molar-refractivity contribution in [1.29, 1.82) is 0 Å². The number of benzene rings is 2. The van der Waals surface area contributed by atoms with Crippen molar-refractivity contribution in [1.82, 2.24) is 9.79 Å². The van der Waals surface area contributed by atoms with E-state index >= 15 is 0 Å². The van der Waals surface area contributed by atoms with Gasteiger partial charge in [0.15, 0.2) is 0 Å². The zero-order valence-corrected chi connectivity index (χ0v) is 16.9. The molecular formula is C18H20ClFN2O4S. The van der Waals surface area contributed by atoms with E-state index in [-0.39, 0.29) is 15.5 Å². The third kappa shape index (κ3) is 4.65. The van der Waals surface area contributed by atoms with Crippen molar-refractivity contribution in [2.75, 3.05) is 14.2 Å². The van der Waals surface area contributed by atoms with E-state index in [2.05, 4.69) is 5.32 Å². The lowest BCUT2D eigenvalue weighted by atomic mass is 9.93. The first kappa shape index (κ1) is 21.3. The molecule has 0 heterocycles. The van der Waals surface area contributed by atoms with E-state index in [4.69, 9.17) is 16.4 Å². The van der Waals surface area contributed by atoms with Crippen LogP contribution in [0, 0.1) is 5.82 Å². The van der Waals surface area contributed by atoms with E-state index in [0.717, 1.165) is 4.47 Å². The molecule has 2 aromatic rings. The fourth-order valence-electron chi connectivity index (χ4n) is 2.44. The average Bonchev–Trinajstić information content (AvgIpc) is 2.60. The predicted octanol–water partition coefficient (Wildman–Crippen LogP) is 3.33. The highest BCUT2D eigenvalue weighted by molar-refractivity contribution is 7.89. The number of rotatable bonds is 6. The van der Waals surface area contributed by atoms with E-state index in [1.165, 1.54) is 56.6 Å².